The molecule has 0 aromatic heterocycles. The molecule has 0 fully saturated rings. The first-order valence-corrected chi connectivity index (χ1v) is 1.07. The molecule has 42 valence electrons. The van der Waals surface area contributed by atoms with Gasteiger partial charge in [0.1, 0.15) is 0 Å². The first kappa shape index (κ1) is 22.4. The molecular weight excluding hydrogens is 184 g/mol. The summed E-state index contributed by atoms with van der Waals surface area (Å²) in [6.07, 6.45) is 0. The summed E-state index contributed by atoms with van der Waals surface area (Å²) in [5.74, 6) is -4.37. The molecule has 0 atom stereocenters. The van der Waals surface area contributed by atoms with Gasteiger partial charge in [-0.2, -0.15) is 0 Å². The fourth-order valence-corrected chi connectivity index (χ4v) is 0. The van der Waals surface area contributed by atoms with Crippen LogP contribution in [0, 0.1) is 0 Å². The van der Waals surface area contributed by atoms with Gasteiger partial charge in [0.2, 0.25) is 0 Å². The summed E-state index contributed by atoms with van der Waals surface area (Å²) in [4.78, 5) is 17.9. The van der Waals surface area contributed by atoms with Gasteiger partial charge >= 0.3 is 75.5 Å². The van der Waals surface area contributed by atoms with Crippen molar-refractivity contribution in [1.82, 2.24) is 0 Å². The molecule has 9 heavy (non-hydrogen) atoms. The van der Waals surface area contributed by atoms with Gasteiger partial charge in [-0.3, -0.25) is 0 Å². The van der Waals surface area contributed by atoms with Crippen LogP contribution in [0.1, 0.15) is 0 Å². The van der Waals surface area contributed by atoms with Gasteiger partial charge in [-0.1, -0.05) is 0 Å². The van der Waals surface area contributed by atoms with E-state index >= 15 is 0 Å². The molecule has 0 rings (SSSR count). The maximum absolute atomic E-state index is 8.93. The zero-order chi connectivity index (χ0) is 5.15. The quantitative estimate of drug-likeness (QED) is 0.279. The molecule has 0 saturated heterocycles. The zero-order valence-corrected chi connectivity index (χ0v) is 8.87. The van der Waals surface area contributed by atoms with Crippen LogP contribution < -0.4 is 10.2 Å². The number of carboxylic acids is 2. The average molecular weight is 184 g/mol. The van der Waals surface area contributed by atoms with E-state index in [1.807, 2.05) is 0 Å². The van der Waals surface area contributed by atoms with Crippen LogP contribution in [0.2, 0.25) is 0 Å². The van der Waals surface area contributed by atoms with Crippen LogP contribution in [0.15, 0.2) is 0 Å². The molecular formula is C2Ca2O5. The normalized spacial score (nSPS) is 4.89. The number of rotatable bonds is 0. The molecule has 0 heterocycles. The molecule has 0 saturated carbocycles. The number of aliphatic carboxylic acids is 2. The first-order valence-electron chi connectivity index (χ1n) is 1.07. The zero-order valence-electron chi connectivity index (χ0n) is 4.46. The molecule has 0 radical (unpaired) electrons. The van der Waals surface area contributed by atoms with Crippen molar-refractivity contribution in [2.75, 3.05) is 0 Å². The molecule has 0 spiro atoms. The minimum atomic E-state index is -2.19. The van der Waals surface area contributed by atoms with Gasteiger partial charge in [-0.25, -0.2) is 0 Å². The Hall–Kier alpha value is 1.42. The van der Waals surface area contributed by atoms with E-state index in [2.05, 4.69) is 0 Å². The van der Waals surface area contributed by atoms with E-state index in [1.165, 1.54) is 0 Å². The summed E-state index contributed by atoms with van der Waals surface area (Å²) >= 11 is 0. The Bertz CT molecular complexity index is 79.0. The van der Waals surface area contributed by atoms with E-state index in [0.29, 0.717) is 0 Å². The van der Waals surface area contributed by atoms with Crippen LogP contribution in [0.25, 0.3) is 0 Å². The van der Waals surface area contributed by atoms with Gasteiger partial charge in [0.25, 0.3) is 0 Å². The Morgan fingerprint density at radius 1 is 0.889 bits per heavy atom. The van der Waals surface area contributed by atoms with Crippen molar-refractivity contribution in [3.63, 3.8) is 0 Å². The van der Waals surface area contributed by atoms with Crippen LogP contribution in [-0.4, -0.2) is 87.4 Å². The van der Waals surface area contributed by atoms with Crippen LogP contribution in [0.3, 0.4) is 0 Å². The summed E-state index contributed by atoms with van der Waals surface area (Å²) in [6.45, 7) is 0. The van der Waals surface area contributed by atoms with Gasteiger partial charge in [-0.05, 0) is 0 Å². The fraction of sp³-hybridized carbons (Fsp3) is 0. The summed E-state index contributed by atoms with van der Waals surface area (Å²) in [5, 5.41) is 17.9. The molecule has 5 nitrogen and oxygen atoms in total. The fourth-order valence-electron chi connectivity index (χ4n) is 0. The van der Waals surface area contributed by atoms with Gasteiger partial charge < -0.3 is 25.3 Å². The molecule has 0 aliphatic heterocycles. The van der Waals surface area contributed by atoms with Gasteiger partial charge in [0.05, 0.1) is 11.9 Å². The van der Waals surface area contributed by atoms with Crippen molar-refractivity contribution in [2.24, 2.45) is 0 Å². The Morgan fingerprint density at radius 2 is 1.00 bits per heavy atom. The second kappa shape index (κ2) is 12.1. The monoisotopic (exact) mass is 184 g/mol. The Kier molecular flexibility index (Phi) is 30.2. The number of carbonyl (C=O) groups is 2. The van der Waals surface area contributed by atoms with Crippen molar-refractivity contribution in [2.45, 2.75) is 0 Å². The summed E-state index contributed by atoms with van der Waals surface area (Å²) < 4.78 is 0. The molecule has 0 aromatic rings. The van der Waals surface area contributed by atoms with E-state index in [0.717, 1.165) is 0 Å². The minimum absolute atomic E-state index is 0. The van der Waals surface area contributed by atoms with Crippen LogP contribution in [-0.2, 0) is 15.1 Å². The molecule has 0 unspecified atom stereocenters. The van der Waals surface area contributed by atoms with E-state index in [9.17, 15) is 0 Å². The van der Waals surface area contributed by atoms with E-state index in [1.54, 1.807) is 0 Å². The third-order valence-electron chi connectivity index (χ3n) is 0.167. The number of carbonyl (C=O) groups excluding carboxylic acids is 2. The Labute approximate surface area is 111 Å². The molecule has 0 aromatic carbocycles. The largest absolute Gasteiger partial charge is 2.00 e. The number of hydrogen-bond acceptors (Lipinski definition) is 4. The van der Waals surface area contributed by atoms with Crippen molar-refractivity contribution in [1.29, 1.82) is 0 Å². The van der Waals surface area contributed by atoms with Crippen molar-refractivity contribution < 1.29 is 25.3 Å². The third-order valence-corrected chi connectivity index (χ3v) is 0.167. The third kappa shape index (κ3) is 17.7. The molecule has 0 amide bonds. The van der Waals surface area contributed by atoms with Crippen LogP contribution in [0.4, 0.5) is 0 Å². The van der Waals surface area contributed by atoms with Gasteiger partial charge in [-0.15, -0.1) is 0 Å². The summed E-state index contributed by atoms with van der Waals surface area (Å²) in [6, 6.07) is 0. The molecule has 0 bridgehead atoms. The number of carboxylic acid groups (broad SMARTS) is 2. The molecule has 0 aliphatic carbocycles. The van der Waals surface area contributed by atoms with Crippen molar-refractivity contribution in [3.8, 4) is 0 Å². The maximum Gasteiger partial charge on any atom is 2.00 e. The number of hydrogen-bond donors (Lipinski definition) is 0. The van der Waals surface area contributed by atoms with Crippen molar-refractivity contribution in [3.05, 3.63) is 0 Å². The second-order valence-electron chi connectivity index (χ2n) is 0.575. The maximum atomic E-state index is 8.93. The minimum Gasteiger partial charge on any atom is -2.00 e. The summed E-state index contributed by atoms with van der Waals surface area (Å²) in [7, 11) is 0. The second-order valence-corrected chi connectivity index (χ2v) is 0.575. The Balaban J connectivity index is -0.0000000417. The van der Waals surface area contributed by atoms with Crippen LogP contribution in [0.5, 0.6) is 0 Å². The standard InChI is InChI=1S/C2H2O4.2Ca.O/c3-1(4)2(5)6;;;/h(H,3,4)(H,5,6);;;/q;2*+2;-2/p-2. The predicted molar refractivity (Wildman–Crippen MR) is 22.2 cm³/mol. The summed E-state index contributed by atoms with van der Waals surface area (Å²) in [5.41, 5.74) is 0. The van der Waals surface area contributed by atoms with Crippen molar-refractivity contribution >= 4 is 87.4 Å². The van der Waals surface area contributed by atoms with Gasteiger partial charge in [0.15, 0.2) is 0 Å². The Morgan fingerprint density at radius 3 is 1.00 bits per heavy atom. The van der Waals surface area contributed by atoms with E-state index in [-0.39, 0.29) is 81.0 Å². The molecule has 0 aliphatic rings. The van der Waals surface area contributed by atoms with Crippen LogP contribution >= 0.6 is 0 Å². The SMILES string of the molecule is O=C([O-])C(=O)[O-].[Ca+2].[Ca+2].[O-2]. The predicted octanol–water partition coefficient (Wildman–Crippen LogP) is -4.39. The topological polar surface area (TPSA) is 109 Å². The molecule has 0 N–H and O–H groups in total. The smallest absolute Gasteiger partial charge is 2.00 e. The molecule has 7 heteroatoms. The average Bonchev–Trinajstić information content (AvgIpc) is 1.36. The van der Waals surface area contributed by atoms with E-state index in [4.69, 9.17) is 19.8 Å². The first-order chi connectivity index (χ1) is 2.64. The van der Waals surface area contributed by atoms with Gasteiger partial charge in [0, 0.05) is 0 Å². The van der Waals surface area contributed by atoms with E-state index < -0.39 is 11.9 Å².